The minimum atomic E-state index is -1.98. The van der Waals surface area contributed by atoms with Crippen molar-refractivity contribution in [1.82, 2.24) is 5.32 Å². The Morgan fingerprint density at radius 3 is 1.68 bits per heavy atom. The summed E-state index contributed by atoms with van der Waals surface area (Å²) in [5.74, 6) is -0.311. The maximum Gasteiger partial charge on any atom is 0.220 e. The van der Waals surface area contributed by atoms with Crippen LogP contribution in [0.4, 0.5) is 0 Å². The van der Waals surface area contributed by atoms with E-state index in [9.17, 15) is 61.0 Å². The van der Waals surface area contributed by atoms with Crippen molar-refractivity contribution in [3.63, 3.8) is 0 Å². The molecule has 0 aromatic rings. The van der Waals surface area contributed by atoms with Gasteiger partial charge >= 0.3 is 0 Å². The van der Waals surface area contributed by atoms with E-state index in [1.165, 1.54) is 0 Å². The molecule has 3 aliphatic rings. The summed E-state index contributed by atoms with van der Waals surface area (Å²) in [5.41, 5.74) is 0. The summed E-state index contributed by atoms with van der Waals surface area (Å²) < 4.78 is 33.8. The van der Waals surface area contributed by atoms with Crippen LogP contribution in [-0.4, -0.2) is 193 Å². The number of rotatable bonds is 25. The van der Waals surface area contributed by atoms with Gasteiger partial charge in [0.05, 0.1) is 38.6 Å². The van der Waals surface area contributed by atoms with E-state index in [-0.39, 0.29) is 18.9 Å². The third kappa shape index (κ3) is 15.4. The highest BCUT2D eigenvalue weighted by Gasteiger charge is 2.53. The third-order valence-corrected chi connectivity index (χ3v) is 10.5. The molecule has 3 saturated heterocycles. The van der Waals surface area contributed by atoms with Crippen molar-refractivity contribution >= 4 is 5.91 Å². The fourth-order valence-electron chi connectivity index (χ4n) is 6.93. The molecule has 0 bridgehead atoms. The van der Waals surface area contributed by atoms with Gasteiger partial charge in [-0.15, -0.1) is 0 Å². The molecule has 0 saturated carbocycles. The Labute approximate surface area is 345 Å². The van der Waals surface area contributed by atoms with E-state index in [0.717, 1.165) is 44.9 Å². The zero-order chi connectivity index (χ0) is 43.5. The first kappa shape index (κ1) is 51.4. The molecule has 1 amide bonds. The van der Waals surface area contributed by atoms with E-state index < -0.39 is 124 Å². The Kier molecular flexibility index (Phi) is 23.6. The number of carbonyl (C=O) groups excluding carboxylic acids is 1. The molecule has 17 atom stereocenters. The van der Waals surface area contributed by atoms with Crippen molar-refractivity contribution in [3.8, 4) is 0 Å². The monoisotopic (exact) mass is 851 g/mol. The molecule has 19 heteroatoms. The number of allylic oxidation sites excluding steroid dienone is 5. The average molecular weight is 852 g/mol. The second-order valence-corrected chi connectivity index (χ2v) is 15.1. The number of aliphatic hydroxyl groups excluding tert-OH is 11. The van der Waals surface area contributed by atoms with Crippen LogP contribution >= 0.6 is 0 Å². The molecule has 0 aromatic heterocycles. The Morgan fingerprint density at radius 1 is 0.627 bits per heavy atom. The molecule has 19 nitrogen and oxygen atoms in total. The van der Waals surface area contributed by atoms with Gasteiger partial charge in [-0.1, -0.05) is 69.1 Å². The molecule has 3 rings (SSSR count). The molecule has 59 heavy (non-hydrogen) atoms. The van der Waals surface area contributed by atoms with E-state index in [0.29, 0.717) is 12.8 Å². The topological polar surface area (TPSA) is 307 Å². The minimum Gasteiger partial charge on any atom is -0.394 e. The Hall–Kier alpha value is -1.99. The number of amides is 1. The van der Waals surface area contributed by atoms with E-state index in [1.54, 1.807) is 12.2 Å². The van der Waals surface area contributed by atoms with Gasteiger partial charge in [0.2, 0.25) is 5.91 Å². The molecular weight excluding hydrogens is 782 g/mol. The standard InChI is InChI=1S/C40H69NO18/c1-3-5-7-9-10-11-12-14-15-17-24(45)23(41-28(46)18-16-13-8-6-4-2)22-54-38-34(52)31(49)36(26(20-43)56-38)59-40-35(53)32(50)37(27(21-44)57-40)58-39-33(51)30(48)29(47)25(19-42)55-39/h3,5,10-11,15,17,23-27,29-40,42-45,47-53H,4,6-9,12-14,16,18-22H2,1-2H3,(H,41,46)/b5-3+,11-10+,17-15+. The lowest BCUT2D eigenvalue weighted by Gasteiger charge is -2.48. The maximum atomic E-state index is 12.9. The van der Waals surface area contributed by atoms with Crippen LogP contribution < -0.4 is 5.32 Å². The predicted molar refractivity (Wildman–Crippen MR) is 208 cm³/mol. The summed E-state index contributed by atoms with van der Waals surface area (Å²) in [4.78, 5) is 12.9. The smallest absolute Gasteiger partial charge is 0.220 e. The number of unbranched alkanes of at least 4 members (excludes halogenated alkanes) is 6. The summed E-state index contributed by atoms with van der Waals surface area (Å²) in [7, 11) is 0. The van der Waals surface area contributed by atoms with Gasteiger partial charge in [0.25, 0.3) is 0 Å². The largest absolute Gasteiger partial charge is 0.394 e. The van der Waals surface area contributed by atoms with Crippen LogP contribution in [-0.2, 0) is 33.2 Å². The first-order chi connectivity index (χ1) is 28.3. The predicted octanol–water partition coefficient (Wildman–Crippen LogP) is -2.09. The van der Waals surface area contributed by atoms with Crippen LogP contribution in [0.15, 0.2) is 36.5 Å². The van der Waals surface area contributed by atoms with Gasteiger partial charge in [-0.2, -0.15) is 0 Å². The second-order valence-electron chi connectivity index (χ2n) is 15.1. The van der Waals surface area contributed by atoms with Crippen LogP contribution in [0.5, 0.6) is 0 Å². The summed E-state index contributed by atoms with van der Waals surface area (Å²) in [6, 6.07) is -0.985. The van der Waals surface area contributed by atoms with Crippen molar-refractivity contribution < 1.29 is 89.4 Å². The highest BCUT2D eigenvalue weighted by molar-refractivity contribution is 5.76. The lowest BCUT2D eigenvalue weighted by molar-refractivity contribution is -0.379. The molecule has 342 valence electrons. The molecule has 0 aliphatic carbocycles. The van der Waals surface area contributed by atoms with Gasteiger partial charge in [-0.25, -0.2) is 0 Å². The van der Waals surface area contributed by atoms with Crippen LogP contribution in [0.2, 0.25) is 0 Å². The van der Waals surface area contributed by atoms with Gasteiger partial charge in [0.15, 0.2) is 18.9 Å². The zero-order valence-corrected chi connectivity index (χ0v) is 34.0. The number of nitrogens with one attached hydrogen (secondary N) is 1. The maximum absolute atomic E-state index is 12.9. The first-order valence-corrected chi connectivity index (χ1v) is 20.7. The van der Waals surface area contributed by atoms with Crippen LogP contribution in [0.25, 0.3) is 0 Å². The molecule has 3 aliphatic heterocycles. The molecule has 3 heterocycles. The lowest BCUT2D eigenvalue weighted by Crippen LogP contribution is -2.66. The first-order valence-electron chi connectivity index (χ1n) is 20.7. The number of ether oxygens (including phenoxy) is 6. The Bertz CT molecular complexity index is 1250. The summed E-state index contributed by atoms with van der Waals surface area (Å²) in [5, 5.41) is 118. The van der Waals surface area contributed by atoms with Gasteiger partial charge in [0, 0.05) is 6.42 Å². The van der Waals surface area contributed by atoms with Gasteiger partial charge in [-0.05, 0) is 39.0 Å². The normalized spacial score (nSPS) is 36.7. The van der Waals surface area contributed by atoms with E-state index in [4.69, 9.17) is 28.4 Å². The van der Waals surface area contributed by atoms with E-state index >= 15 is 0 Å². The number of hydrogen-bond donors (Lipinski definition) is 12. The fourth-order valence-corrected chi connectivity index (χ4v) is 6.93. The van der Waals surface area contributed by atoms with Crippen molar-refractivity contribution in [1.29, 1.82) is 0 Å². The molecule has 17 unspecified atom stereocenters. The SMILES string of the molecule is C/C=C/CC/C=C/CC/C=C/C(O)C(COC1OC(CO)C(OC2OC(CO)C(OC3OC(CO)C(O)C(O)C3O)C(O)C2O)C(O)C1O)NC(=O)CCCCCCC. The summed E-state index contributed by atoms with van der Waals surface area (Å²) in [6.07, 6.45) is -7.20. The highest BCUT2D eigenvalue weighted by atomic mass is 16.8. The lowest BCUT2D eigenvalue weighted by atomic mass is 9.96. The second kappa shape index (κ2) is 27.2. The van der Waals surface area contributed by atoms with Gasteiger partial charge in [-0.3, -0.25) is 4.79 Å². The number of hydrogen-bond acceptors (Lipinski definition) is 18. The van der Waals surface area contributed by atoms with E-state index in [2.05, 4.69) is 30.5 Å². The van der Waals surface area contributed by atoms with Gasteiger partial charge < -0.3 is 89.9 Å². The highest BCUT2D eigenvalue weighted by Crippen LogP contribution is 2.32. The Balaban J connectivity index is 1.64. The molecule has 0 spiro atoms. The Morgan fingerprint density at radius 2 is 1.12 bits per heavy atom. The molecule has 12 N–H and O–H groups in total. The van der Waals surface area contributed by atoms with Crippen molar-refractivity contribution in [2.75, 3.05) is 26.4 Å². The quantitative estimate of drug-likeness (QED) is 0.0346. The average Bonchev–Trinajstić information content (AvgIpc) is 3.23. The van der Waals surface area contributed by atoms with Crippen LogP contribution in [0, 0.1) is 0 Å². The minimum absolute atomic E-state index is 0.225. The number of aliphatic hydroxyl groups is 11. The van der Waals surface area contributed by atoms with Crippen LogP contribution in [0.1, 0.15) is 78.1 Å². The fraction of sp³-hybridized carbons (Fsp3) is 0.825. The van der Waals surface area contributed by atoms with Gasteiger partial charge in [0.1, 0.15) is 73.2 Å². The van der Waals surface area contributed by atoms with Crippen LogP contribution in [0.3, 0.4) is 0 Å². The van der Waals surface area contributed by atoms with Crippen molar-refractivity contribution in [2.24, 2.45) is 0 Å². The van der Waals surface area contributed by atoms with Crippen molar-refractivity contribution in [3.05, 3.63) is 36.5 Å². The van der Waals surface area contributed by atoms with Crippen molar-refractivity contribution in [2.45, 2.75) is 182 Å². The van der Waals surface area contributed by atoms with E-state index in [1.807, 2.05) is 13.0 Å². The molecular formula is C40H69NO18. The molecule has 0 aromatic carbocycles. The summed E-state index contributed by atoms with van der Waals surface area (Å²) in [6.45, 7) is 1.26. The number of carbonyl (C=O) groups is 1. The summed E-state index contributed by atoms with van der Waals surface area (Å²) >= 11 is 0. The zero-order valence-electron chi connectivity index (χ0n) is 34.0. The molecule has 0 radical (unpaired) electrons. The third-order valence-electron chi connectivity index (χ3n) is 10.5. The molecule has 3 fully saturated rings.